The van der Waals surface area contributed by atoms with Crippen molar-refractivity contribution in [1.82, 2.24) is 5.32 Å². The predicted molar refractivity (Wildman–Crippen MR) is 79.9 cm³/mol. The highest BCUT2D eigenvalue weighted by Gasteiger charge is 2.26. The molecule has 0 radical (unpaired) electrons. The molecule has 0 saturated carbocycles. The van der Waals surface area contributed by atoms with E-state index in [0.29, 0.717) is 12.0 Å². The summed E-state index contributed by atoms with van der Waals surface area (Å²) in [6, 6.07) is 6.29. The van der Waals surface area contributed by atoms with Crippen molar-refractivity contribution in [2.75, 3.05) is 24.5 Å². The quantitative estimate of drug-likeness (QED) is 0.909. The summed E-state index contributed by atoms with van der Waals surface area (Å²) in [4.78, 5) is 2.34. The van der Waals surface area contributed by atoms with Gasteiger partial charge in [0.2, 0.25) is 0 Å². The third-order valence-corrected chi connectivity index (χ3v) is 4.18. The summed E-state index contributed by atoms with van der Waals surface area (Å²) in [5.41, 5.74) is 1.06. The molecule has 2 atom stereocenters. The van der Waals surface area contributed by atoms with Crippen molar-refractivity contribution in [1.29, 1.82) is 0 Å². The Balaban J connectivity index is 2.10. The van der Waals surface area contributed by atoms with Crippen molar-refractivity contribution in [2.24, 2.45) is 5.92 Å². The number of hydrogen-bond acceptors (Lipinski definition) is 2. The normalized spacial score (nSPS) is 24.3. The first-order valence-electron chi connectivity index (χ1n) is 6.55. The van der Waals surface area contributed by atoms with Crippen molar-refractivity contribution < 1.29 is 0 Å². The number of nitrogens with one attached hydrogen (secondary N) is 1. The van der Waals surface area contributed by atoms with Crippen molar-refractivity contribution in [2.45, 2.75) is 26.3 Å². The van der Waals surface area contributed by atoms with Gasteiger partial charge in [-0.05, 0) is 37.1 Å². The van der Waals surface area contributed by atoms with E-state index in [-0.39, 0.29) is 0 Å². The van der Waals surface area contributed by atoms with Gasteiger partial charge in [0.25, 0.3) is 0 Å². The van der Waals surface area contributed by atoms with E-state index in [4.69, 9.17) is 23.2 Å². The van der Waals surface area contributed by atoms with E-state index in [0.717, 1.165) is 41.8 Å². The molecule has 18 heavy (non-hydrogen) atoms. The van der Waals surface area contributed by atoms with Crippen LogP contribution in [0.3, 0.4) is 0 Å². The smallest absolute Gasteiger partial charge is 0.0640 e. The van der Waals surface area contributed by atoms with Crippen LogP contribution in [-0.4, -0.2) is 25.7 Å². The molecular formula is C14H20Cl2N2. The molecule has 0 aromatic heterocycles. The number of hydrogen-bond donors (Lipinski definition) is 1. The SMILES string of the molecule is CCNC1CCN(c2cc(Cl)ccc2Cl)CC1C. The molecule has 2 unspecified atom stereocenters. The van der Waals surface area contributed by atoms with Crippen LogP contribution in [0.5, 0.6) is 0 Å². The van der Waals surface area contributed by atoms with Gasteiger partial charge in [-0.1, -0.05) is 37.0 Å². The summed E-state index contributed by atoms with van der Waals surface area (Å²) in [6.07, 6.45) is 1.15. The lowest BCUT2D eigenvalue weighted by Crippen LogP contribution is -2.48. The van der Waals surface area contributed by atoms with Gasteiger partial charge in [-0.25, -0.2) is 0 Å². The molecule has 0 bridgehead atoms. The number of nitrogens with zero attached hydrogens (tertiary/aromatic N) is 1. The second kappa shape index (κ2) is 6.14. The van der Waals surface area contributed by atoms with Gasteiger partial charge in [0, 0.05) is 24.2 Å². The van der Waals surface area contributed by atoms with Crippen LogP contribution in [0.2, 0.25) is 10.0 Å². The van der Waals surface area contributed by atoms with Crippen LogP contribution in [0.1, 0.15) is 20.3 Å². The van der Waals surface area contributed by atoms with Crippen LogP contribution in [0.15, 0.2) is 18.2 Å². The number of rotatable bonds is 3. The van der Waals surface area contributed by atoms with Crippen molar-refractivity contribution in [3.8, 4) is 0 Å². The van der Waals surface area contributed by atoms with Crippen LogP contribution in [0.4, 0.5) is 5.69 Å². The molecule has 2 nitrogen and oxygen atoms in total. The second-order valence-electron chi connectivity index (χ2n) is 4.97. The van der Waals surface area contributed by atoms with E-state index in [1.165, 1.54) is 0 Å². The predicted octanol–water partition coefficient (Wildman–Crippen LogP) is 3.82. The average Bonchev–Trinajstić information content (AvgIpc) is 2.35. The largest absolute Gasteiger partial charge is 0.370 e. The lowest BCUT2D eigenvalue weighted by Gasteiger charge is -2.39. The highest BCUT2D eigenvalue weighted by molar-refractivity contribution is 6.35. The fraction of sp³-hybridized carbons (Fsp3) is 0.571. The second-order valence-corrected chi connectivity index (χ2v) is 5.82. The van der Waals surface area contributed by atoms with E-state index in [1.807, 2.05) is 18.2 Å². The first-order chi connectivity index (χ1) is 8.61. The fourth-order valence-electron chi connectivity index (χ4n) is 2.66. The number of anilines is 1. The topological polar surface area (TPSA) is 15.3 Å². The molecule has 1 aliphatic heterocycles. The molecule has 1 N–H and O–H groups in total. The fourth-order valence-corrected chi connectivity index (χ4v) is 3.06. The standard InChI is InChI=1S/C14H20Cl2N2/c1-3-17-13-6-7-18(9-10(13)2)14-8-11(15)4-5-12(14)16/h4-5,8,10,13,17H,3,6-7,9H2,1-2H3. The van der Waals surface area contributed by atoms with Crippen LogP contribution in [0, 0.1) is 5.92 Å². The minimum atomic E-state index is 0.615. The molecule has 2 rings (SSSR count). The van der Waals surface area contributed by atoms with Crippen molar-refractivity contribution in [3.63, 3.8) is 0 Å². The molecule has 1 aromatic rings. The van der Waals surface area contributed by atoms with Gasteiger partial charge in [0.1, 0.15) is 0 Å². The Labute approximate surface area is 119 Å². The Kier molecular flexibility index (Phi) is 4.77. The maximum atomic E-state index is 6.26. The van der Waals surface area contributed by atoms with Gasteiger partial charge in [-0.2, -0.15) is 0 Å². The van der Waals surface area contributed by atoms with Gasteiger partial charge in [-0.15, -0.1) is 0 Å². The van der Waals surface area contributed by atoms with E-state index in [2.05, 4.69) is 24.1 Å². The van der Waals surface area contributed by atoms with Crippen molar-refractivity contribution in [3.05, 3.63) is 28.2 Å². The van der Waals surface area contributed by atoms with E-state index in [9.17, 15) is 0 Å². The maximum Gasteiger partial charge on any atom is 0.0640 e. The van der Waals surface area contributed by atoms with Crippen molar-refractivity contribution >= 4 is 28.9 Å². The first kappa shape index (κ1) is 14.0. The van der Waals surface area contributed by atoms with Crippen LogP contribution in [-0.2, 0) is 0 Å². The third-order valence-electron chi connectivity index (χ3n) is 3.62. The summed E-state index contributed by atoms with van der Waals surface area (Å²) >= 11 is 12.3. The van der Waals surface area contributed by atoms with Crippen LogP contribution in [0.25, 0.3) is 0 Å². The molecule has 1 saturated heterocycles. The molecular weight excluding hydrogens is 267 g/mol. The Hall–Kier alpha value is -0.440. The summed E-state index contributed by atoms with van der Waals surface area (Å²) < 4.78 is 0. The van der Waals surface area contributed by atoms with E-state index in [1.54, 1.807) is 0 Å². The minimum Gasteiger partial charge on any atom is -0.370 e. The lowest BCUT2D eigenvalue weighted by atomic mass is 9.93. The van der Waals surface area contributed by atoms with Crippen LogP contribution >= 0.6 is 23.2 Å². The van der Waals surface area contributed by atoms with Gasteiger partial charge in [0.05, 0.1) is 10.7 Å². The number of halogens is 2. The summed E-state index contributed by atoms with van der Waals surface area (Å²) in [7, 11) is 0. The molecule has 1 fully saturated rings. The molecule has 4 heteroatoms. The lowest BCUT2D eigenvalue weighted by molar-refractivity contribution is 0.327. The summed E-state index contributed by atoms with van der Waals surface area (Å²) in [6.45, 7) is 7.54. The highest BCUT2D eigenvalue weighted by atomic mass is 35.5. The van der Waals surface area contributed by atoms with Gasteiger partial charge < -0.3 is 10.2 Å². The zero-order valence-corrected chi connectivity index (χ0v) is 12.4. The Morgan fingerprint density at radius 2 is 2.17 bits per heavy atom. The van der Waals surface area contributed by atoms with Gasteiger partial charge in [-0.3, -0.25) is 0 Å². The molecule has 0 amide bonds. The van der Waals surface area contributed by atoms with E-state index < -0.39 is 0 Å². The Morgan fingerprint density at radius 1 is 1.39 bits per heavy atom. The highest BCUT2D eigenvalue weighted by Crippen LogP contribution is 2.32. The first-order valence-corrected chi connectivity index (χ1v) is 7.30. The Bertz CT molecular complexity index is 409. The molecule has 1 aromatic carbocycles. The minimum absolute atomic E-state index is 0.615. The zero-order chi connectivity index (χ0) is 13.1. The molecule has 0 aliphatic carbocycles. The van der Waals surface area contributed by atoms with Gasteiger partial charge in [0.15, 0.2) is 0 Å². The Morgan fingerprint density at radius 3 is 2.83 bits per heavy atom. The maximum absolute atomic E-state index is 6.26. The average molecular weight is 287 g/mol. The van der Waals surface area contributed by atoms with E-state index >= 15 is 0 Å². The summed E-state index contributed by atoms with van der Waals surface area (Å²) in [5.74, 6) is 0.619. The zero-order valence-electron chi connectivity index (χ0n) is 10.9. The van der Waals surface area contributed by atoms with Gasteiger partial charge >= 0.3 is 0 Å². The number of benzene rings is 1. The third kappa shape index (κ3) is 3.11. The molecule has 1 aliphatic rings. The number of piperidine rings is 1. The monoisotopic (exact) mass is 286 g/mol. The molecule has 0 spiro atoms. The molecule has 1 heterocycles. The summed E-state index contributed by atoms with van der Waals surface area (Å²) in [5, 5.41) is 5.08. The van der Waals surface area contributed by atoms with Crippen LogP contribution < -0.4 is 10.2 Å². The molecule has 100 valence electrons.